The number of rotatable bonds is 5. The summed E-state index contributed by atoms with van der Waals surface area (Å²) in [6.45, 7) is 10.4. The van der Waals surface area contributed by atoms with Gasteiger partial charge in [-0.2, -0.15) is 0 Å². The molecule has 0 amide bonds. The van der Waals surface area contributed by atoms with Crippen LogP contribution in [0.1, 0.15) is 55.4 Å². The van der Waals surface area contributed by atoms with E-state index in [-0.39, 0.29) is 11.8 Å². The van der Waals surface area contributed by atoms with Crippen LogP contribution in [-0.4, -0.2) is 18.4 Å². The van der Waals surface area contributed by atoms with Gasteiger partial charge in [0, 0.05) is 6.42 Å². The number of Topliss-reactive ketones (excluding diaryl/α,β-unsaturated/α-hetero) is 1. The van der Waals surface area contributed by atoms with Crippen LogP contribution in [0.2, 0.25) is 0 Å². The van der Waals surface area contributed by atoms with Gasteiger partial charge >= 0.3 is 5.97 Å². The van der Waals surface area contributed by atoms with Crippen molar-refractivity contribution in [2.24, 2.45) is 11.3 Å². The fourth-order valence-electron chi connectivity index (χ4n) is 3.93. The maximum absolute atomic E-state index is 13.1. The van der Waals surface area contributed by atoms with E-state index in [0.717, 1.165) is 23.1 Å². The molecule has 1 aromatic rings. The second-order valence-corrected chi connectivity index (χ2v) is 7.13. The highest BCUT2D eigenvalue weighted by molar-refractivity contribution is 6.05. The summed E-state index contributed by atoms with van der Waals surface area (Å²) < 4.78 is 5.26. The average Bonchev–Trinajstić information content (AvgIpc) is 2.86. The second kappa shape index (κ2) is 6.86. The van der Waals surface area contributed by atoms with Gasteiger partial charge in [0.25, 0.3) is 0 Å². The van der Waals surface area contributed by atoms with Gasteiger partial charge in [0.05, 0.1) is 6.61 Å². The van der Waals surface area contributed by atoms with E-state index in [4.69, 9.17) is 4.74 Å². The third-order valence-electron chi connectivity index (χ3n) is 5.14. The van der Waals surface area contributed by atoms with E-state index in [1.54, 1.807) is 6.92 Å². The SMILES string of the molecule is CCOC(=O)C1(C(=O)Cc2c(C)cc(C)cc2C)CCC(C)C1. The summed E-state index contributed by atoms with van der Waals surface area (Å²) in [7, 11) is 0. The minimum Gasteiger partial charge on any atom is -0.465 e. The highest BCUT2D eigenvalue weighted by Crippen LogP contribution is 2.44. The molecule has 1 aromatic carbocycles. The van der Waals surface area contributed by atoms with E-state index in [1.165, 1.54) is 5.56 Å². The van der Waals surface area contributed by atoms with Crippen LogP contribution in [0.4, 0.5) is 0 Å². The summed E-state index contributed by atoms with van der Waals surface area (Å²) in [6, 6.07) is 4.20. The van der Waals surface area contributed by atoms with Crippen molar-refractivity contribution < 1.29 is 14.3 Å². The first kappa shape index (κ1) is 17.7. The van der Waals surface area contributed by atoms with Crippen LogP contribution in [0.3, 0.4) is 0 Å². The number of hydrogen-bond acceptors (Lipinski definition) is 3. The Balaban J connectivity index is 2.31. The Hall–Kier alpha value is -1.64. The molecule has 0 heterocycles. The number of carbonyl (C=O) groups is 2. The number of ether oxygens (including phenoxy) is 1. The molecule has 23 heavy (non-hydrogen) atoms. The van der Waals surface area contributed by atoms with Gasteiger partial charge in [0.15, 0.2) is 5.78 Å². The molecule has 3 nitrogen and oxygen atoms in total. The number of carbonyl (C=O) groups excluding carboxylic acids is 2. The molecule has 3 heteroatoms. The first-order valence-electron chi connectivity index (χ1n) is 8.57. The summed E-state index contributed by atoms with van der Waals surface area (Å²) >= 11 is 0. The zero-order chi connectivity index (χ0) is 17.2. The van der Waals surface area contributed by atoms with Gasteiger partial charge in [0.1, 0.15) is 5.41 Å². The second-order valence-electron chi connectivity index (χ2n) is 7.13. The lowest BCUT2D eigenvalue weighted by Crippen LogP contribution is -2.40. The molecule has 0 aromatic heterocycles. The summed E-state index contributed by atoms with van der Waals surface area (Å²) in [5, 5.41) is 0. The van der Waals surface area contributed by atoms with E-state index in [1.807, 2.05) is 13.8 Å². The number of benzene rings is 1. The average molecular weight is 316 g/mol. The van der Waals surface area contributed by atoms with Gasteiger partial charge in [-0.15, -0.1) is 0 Å². The normalized spacial score (nSPS) is 23.8. The van der Waals surface area contributed by atoms with Crippen molar-refractivity contribution in [2.75, 3.05) is 6.61 Å². The lowest BCUT2D eigenvalue weighted by atomic mass is 9.77. The Morgan fingerprint density at radius 1 is 1.22 bits per heavy atom. The molecule has 0 saturated heterocycles. The molecular weight excluding hydrogens is 288 g/mol. The molecule has 1 saturated carbocycles. The number of ketones is 1. The van der Waals surface area contributed by atoms with Gasteiger partial charge in [-0.05, 0) is 69.6 Å². The van der Waals surface area contributed by atoms with Gasteiger partial charge in [-0.25, -0.2) is 0 Å². The van der Waals surface area contributed by atoms with E-state index >= 15 is 0 Å². The molecule has 126 valence electrons. The van der Waals surface area contributed by atoms with Crippen LogP contribution in [-0.2, 0) is 20.7 Å². The van der Waals surface area contributed by atoms with Crippen LogP contribution in [0, 0.1) is 32.1 Å². The Bertz CT molecular complexity index is 594. The molecular formula is C20H28O3. The van der Waals surface area contributed by atoms with Gasteiger partial charge in [-0.1, -0.05) is 24.6 Å². The van der Waals surface area contributed by atoms with Crippen LogP contribution in [0.25, 0.3) is 0 Å². The summed E-state index contributed by atoms with van der Waals surface area (Å²) in [6.07, 6.45) is 2.48. The quantitative estimate of drug-likeness (QED) is 0.607. The van der Waals surface area contributed by atoms with Crippen LogP contribution < -0.4 is 0 Å². The standard InChI is InChI=1S/C20H28O3/c1-6-23-19(22)20(8-7-13(2)12-20)18(21)11-17-15(4)9-14(3)10-16(17)5/h9-10,13H,6-8,11-12H2,1-5H3. The minimum absolute atomic E-state index is 0.0235. The fraction of sp³-hybridized carbons (Fsp3) is 0.600. The minimum atomic E-state index is -0.931. The lowest BCUT2D eigenvalue weighted by molar-refractivity contribution is -0.159. The number of aryl methyl sites for hydroxylation is 3. The van der Waals surface area contributed by atoms with Crippen LogP contribution in [0.5, 0.6) is 0 Å². The summed E-state index contributed by atoms with van der Waals surface area (Å²) in [4.78, 5) is 25.6. The Morgan fingerprint density at radius 3 is 2.30 bits per heavy atom. The van der Waals surface area contributed by atoms with Crippen LogP contribution in [0.15, 0.2) is 12.1 Å². The first-order valence-corrected chi connectivity index (χ1v) is 8.57. The fourth-order valence-corrected chi connectivity index (χ4v) is 3.93. The molecule has 0 bridgehead atoms. The van der Waals surface area contributed by atoms with Gasteiger partial charge in [0.2, 0.25) is 0 Å². The highest BCUT2D eigenvalue weighted by atomic mass is 16.5. The molecule has 2 atom stereocenters. The third kappa shape index (κ3) is 3.49. The number of esters is 1. The summed E-state index contributed by atoms with van der Waals surface area (Å²) in [5.74, 6) is 0.0932. The maximum atomic E-state index is 13.1. The van der Waals surface area contributed by atoms with Crippen molar-refractivity contribution in [2.45, 2.75) is 60.3 Å². The molecule has 1 fully saturated rings. The predicted octanol–water partition coefficient (Wildman–Crippen LogP) is 4.09. The first-order chi connectivity index (χ1) is 10.8. The molecule has 0 spiro atoms. The summed E-state index contributed by atoms with van der Waals surface area (Å²) in [5.41, 5.74) is 3.58. The van der Waals surface area contributed by atoms with Gasteiger partial charge < -0.3 is 4.74 Å². The highest BCUT2D eigenvalue weighted by Gasteiger charge is 2.50. The lowest BCUT2D eigenvalue weighted by Gasteiger charge is -2.26. The van der Waals surface area contributed by atoms with E-state index in [9.17, 15) is 9.59 Å². The van der Waals surface area contributed by atoms with Gasteiger partial charge in [-0.3, -0.25) is 9.59 Å². The van der Waals surface area contributed by atoms with Crippen molar-refractivity contribution in [3.8, 4) is 0 Å². The Kier molecular flexibility index (Phi) is 5.28. The Labute approximate surface area is 139 Å². The zero-order valence-corrected chi connectivity index (χ0v) is 15.0. The topological polar surface area (TPSA) is 43.4 Å². The molecule has 0 aliphatic heterocycles. The molecule has 2 rings (SSSR count). The largest absolute Gasteiger partial charge is 0.465 e. The Morgan fingerprint density at radius 2 is 1.83 bits per heavy atom. The van der Waals surface area contributed by atoms with E-state index in [2.05, 4.69) is 26.0 Å². The van der Waals surface area contributed by atoms with E-state index in [0.29, 0.717) is 31.8 Å². The zero-order valence-electron chi connectivity index (χ0n) is 15.0. The van der Waals surface area contributed by atoms with Crippen molar-refractivity contribution in [1.82, 2.24) is 0 Å². The van der Waals surface area contributed by atoms with Crippen LogP contribution >= 0.6 is 0 Å². The molecule has 0 radical (unpaired) electrons. The van der Waals surface area contributed by atoms with Crippen molar-refractivity contribution in [1.29, 1.82) is 0 Å². The molecule has 1 aliphatic rings. The third-order valence-corrected chi connectivity index (χ3v) is 5.14. The molecule has 1 aliphatic carbocycles. The smallest absolute Gasteiger partial charge is 0.319 e. The molecule has 0 N–H and O–H groups in total. The monoisotopic (exact) mass is 316 g/mol. The molecule has 2 unspecified atom stereocenters. The van der Waals surface area contributed by atoms with Crippen molar-refractivity contribution >= 4 is 11.8 Å². The predicted molar refractivity (Wildman–Crippen MR) is 91.4 cm³/mol. The number of hydrogen-bond donors (Lipinski definition) is 0. The van der Waals surface area contributed by atoms with E-state index < -0.39 is 5.41 Å². The maximum Gasteiger partial charge on any atom is 0.319 e. The van der Waals surface area contributed by atoms with Crippen molar-refractivity contribution in [3.05, 3.63) is 34.4 Å². The van der Waals surface area contributed by atoms with Crippen molar-refractivity contribution in [3.63, 3.8) is 0 Å².